The number of aromatic nitrogens is 2. The minimum Gasteiger partial charge on any atom is -0.491 e. The normalized spacial score (nSPS) is 20.3. The number of aromatic amines is 1. The molecule has 2 aromatic carbocycles. The van der Waals surface area contributed by atoms with E-state index in [1.54, 1.807) is 13.1 Å². The molecule has 168 valence electrons. The fourth-order valence-corrected chi connectivity index (χ4v) is 3.77. The minimum absolute atomic E-state index is 0.229. The van der Waals surface area contributed by atoms with Crippen molar-refractivity contribution in [2.24, 2.45) is 0 Å². The van der Waals surface area contributed by atoms with Gasteiger partial charge in [0, 0.05) is 18.2 Å². The molecule has 4 rings (SSSR count). The molecule has 2 heterocycles. The molecule has 1 aliphatic rings. The van der Waals surface area contributed by atoms with Gasteiger partial charge < -0.3 is 14.2 Å². The van der Waals surface area contributed by atoms with Gasteiger partial charge in [-0.1, -0.05) is 35.4 Å². The molecule has 1 fully saturated rings. The van der Waals surface area contributed by atoms with Crippen LogP contribution in [-0.4, -0.2) is 34.5 Å². The van der Waals surface area contributed by atoms with Crippen LogP contribution in [0.15, 0.2) is 64.3 Å². The maximum absolute atomic E-state index is 12.2. The van der Waals surface area contributed by atoms with Crippen LogP contribution in [0.25, 0.3) is 0 Å². The summed E-state index contributed by atoms with van der Waals surface area (Å²) in [5, 5.41) is 0. The van der Waals surface area contributed by atoms with E-state index in [9.17, 15) is 9.59 Å². The Morgan fingerprint density at radius 1 is 0.969 bits per heavy atom. The van der Waals surface area contributed by atoms with Gasteiger partial charge in [-0.05, 0) is 45.0 Å². The van der Waals surface area contributed by atoms with Crippen LogP contribution in [0.4, 0.5) is 0 Å². The number of rotatable bonds is 7. The zero-order chi connectivity index (χ0) is 22.7. The van der Waals surface area contributed by atoms with Gasteiger partial charge in [-0.15, -0.1) is 0 Å². The highest BCUT2D eigenvalue weighted by Gasteiger charge is 2.38. The van der Waals surface area contributed by atoms with E-state index in [1.807, 2.05) is 62.4 Å². The van der Waals surface area contributed by atoms with E-state index in [0.717, 1.165) is 22.6 Å². The van der Waals surface area contributed by atoms with E-state index < -0.39 is 5.69 Å². The number of ether oxygens (including phenoxy) is 3. The van der Waals surface area contributed by atoms with Gasteiger partial charge in [-0.3, -0.25) is 14.3 Å². The number of hydrogen-bond donors (Lipinski definition) is 1. The molecule has 32 heavy (non-hydrogen) atoms. The Morgan fingerprint density at radius 2 is 1.59 bits per heavy atom. The summed E-state index contributed by atoms with van der Waals surface area (Å²) >= 11 is 0. The molecule has 0 saturated carbocycles. The Bertz CT molecular complexity index is 1160. The third-order valence-electron chi connectivity index (χ3n) is 5.61. The molecule has 1 N–H and O–H groups in total. The van der Waals surface area contributed by atoms with Gasteiger partial charge in [0.15, 0.2) is 0 Å². The van der Waals surface area contributed by atoms with Crippen molar-refractivity contribution < 1.29 is 14.2 Å². The second kappa shape index (κ2) is 9.44. The Labute approximate surface area is 186 Å². The zero-order valence-electron chi connectivity index (χ0n) is 18.5. The summed E-state index contributed by atoms with van der Waals surface area (Å²) in [6, 6.07) is 15.7. The van der Waals surface area contributed by atoms with Crippen LogP contribution < -0.4 is 20.7 Å². The summed E-state index contributed by atoms with van der Waals surface area (Å²) in [4.78, 5) is 26.2. The monoisotopic (exact) mass is 436 g/mol. The molecule has 3 aromatic rings. The van der Waals surface area contributed by atoms with E-state index in [0.29, 0.717) is 25.1 Å². The van der Waals surface area contributed by atoms with Gasteiger partial charge in [0.05, 0.1) is 12.6 Å². The molecule has 0 aliphatic carbocycles. The Hall–Kier alpha value is -3.32. The second-order valence-corrected chi connectivity index (χ2v) is 8.35. The van der Waals surface area contributed by atoms with E-state index in [4.69, 9.17) is 14.2 Å². The molecule has 0 bridgehead atoms. The molecule has 0 radical (unpaired) electrons. The first kappa shape index (κ1) is 21.9. The Kier molecular flexibility index (Phi) is 6.46. The highest BCUT2D eigenvalue weighted by Crippen LogP contribution is 2.27. The van der Waals surface area contributed by atoms with Crippen LogP contribution in [0.3, 0.4) is 0 Å². The molecule has 1 aromatic heterocycles. The fourth-order valence-electron chi connectivity index (χ4n) is 3.77. The van der Waals surface area contributed by atoms with Crippen LogP contribution in [0.2, 0.25) is 0 Å². The van der Waals surface area contributed by atoms with Crippen molar-refractivity contribution in [2.75, 3.05) is 6.61 Å². The van der Waals surface area contributed by atoms with Crippen molar-refractivity contribution in [3.63, 3.8) is 0 Å². The lowest BCUT2D eigenvalue weighted by atomic mass is 10.1. The summed E-state index contributed by atoms with van der Waals surface area (Å²) in [6.07, 6.45) is 1.38. The molecular weight excluding hydrogens is 408 g/mol. The largest absolute Gasteiger partial charge is 0.491 e. The molecule has 1 saturated heterocycles. The first-order valence-corrected chi connectivity index (χ1v) is 10.8. The molecule has 0 unspecified atom stereocenters. The van der Waals surface area contributed by atoms with Gasteiger partial charge in [-0.2, -0.15) is 0 Å². The van der Waals surface area contributed by atoms with Crippen LogP contribution in [0.1, 0.15) is 23.1 Å². The minimum atomic E-state index is -0.445. The lowest BCUT2D eigenvalue weighted by molar-refractivity contribution is -0.0149. The van der Waals surface area contributed by atoms with Gasteiger partial charge in [0.25, 0.3) is 5.56 Å². The van der Waals surface area contributed by atoms with Crippen LogP contribution in [0.5, 0.6) is 11.5 Å². The molecular formula is C25H28N2O5. The standard InChI is InChI=1S/C25H28N2O5/c1-16-4-8-19(9-5-16)30-15-23-22(31-20-10-6-17(2)7-11-20)12-21(32-23)14-27-13-18(3)24(28)26-25(27)29/h4-11,13,21-23H,12,14-15H2,1-3H3,(H,26,28,29)/t21-,22-,23+/m0/s1. The third-order valence-corrected chi connectivity index (χ3v) is 5.61. The summed E-state index contributed by atoms with van der Waals surface area (Å²) < 4.78 is 19.9. The third kappa shape index (κ3) is 5.29. The first-order chi connectivity index (χ1) is 15.4. The van der Waals surface area contributed by atoms with Crippen molar-refractivity contribution in [2.45, 2.75) is 52.0 Å². The van der Waals surface area contributed by atoms with Crippen molar-refractivity contribution in [3.8, 4) is 11.5 Å². The van der Waals surface area contributed by atoms with Crippen molar-refractivity contribution in [1.29, 1.82) is 0 Å². The van der Waals surface area contributed by atoms with Crippen molar-refractivity contribution >= 4 is 0 Å². The zero-order valence-corrected chi connectivity index (χ0v) is 18.5. The second-order valence-electron chi connectivity index (χ2n) is 8.35. The van der Waals surface area contributed by atoms with Crippen LogP contribution >= 0.6 is 0 Å². The topological polar surface area (TPSA) is 82.5 Å². The summed E-state index contributed by atoms with van der Waals surface area (Å²) in [7, 11) is 0. The smallest absolute Gasteiger partial charge is 0.328 e. The van der Waals surface area contributed by atoms with E-state index in [2.05, 4.69) is 4.98 Å². The van der Waals surface area contributed by atoms with Crippen molar-refractivity contribution in [3.05, 3.63) is 92.3 Å². The van der Waals surface area contributed by atoms with E-state index in [1.165, 1.54) is 4.57 Å². The molecule has 0 amide bonds. The number of hydrogen-bond acceptors (Lipinski definition) is 5. The average Bonchev–Trinajstić information content (AvgIpc) is 3.14. The molecule has 3 atom stereocenters. The van der Waals surface area contributed by atoms with Gasteiger partial charge in [0.2, 0.25) is 0 Å². The molecule has 7 nitrogen and oxygen atoms in total. The Balaban J connectivity index is 1.49. The van der Waals surface area contributed by atoms with E-state index in [-0.39, 0.29) is 23.9 Å². The molecule has 1 aliphatic heterocycles. The molecule has 0 spiro atoms. The van der Waals surface area contributed by atoms with Gasteiger partial charge >= 0.3 is 5.69 Å². The maximum Gasteiger partial charge on any atom is 0.328 e. The number of aryl methyl sites for hydroxylation is 3. The lowest BCUT2D eigenvalue weighted by Gasteiger charge is -2.20. The fraction of sp³-hybridized carbons (Fsp3) is 0.360. The predicted molar refractivity (Wildman–Crippen MR) is 122 cm³/mol. The van der Waals surface area contributed by atoms with Gasteiger partial charge in [-0.25, -0.2) is 4.79 Å². The number of nitrogens with zero attached hydrogens (tertiary/aromatic N) is 1. The average molecular weight is 437 g/mol. The first-order valence-electron chi connectivity index (χ1n) is 10.8. The number of benzene rings is 2. The number of H-pyrrole nitrogens is 1. The summed E-state index contributed by atoms with van der Waals surface area (Å²) in [5.74, 6) is 1.53. The summed E-state index contributed by atoms with van der Waals surface area (Å²) in [5.41, 5.74) is 1.99. The predicted octanol–water partition coefficient (Wildman–Crippen LogP) is 3.15. The number of nitrogens with one attached hydrogen (secondary N) is 1. The lowest BCUT2D eigenvalue weighted by Crippen LogP contribution is -2.34. The Morgan fingerprint density at radius 3 is 2.25 bits per heavy atom. The van der Waals surface area contributed by atoms with Gasteiger partial charge in [0.1, 0.15) is 30.3 Å². The highest BCUT2D eigenvalue weighted by molar-refractivity contribution is 5.27. The summed E-state index contributed by atoms with van der Waals surface area (Å²) in [6.45, 7) is 6.38. The highest BCUT2D eigenvalue weighted by atomic mass is 16.6. The van der Waals surface area contributed by atoms with Crippen LogP contribution in [0, 0.1) is 20.8 Å². The van der Waals surface area contributed by atoms with Crippen LogP contribution in [-0.2, 0) is 11.3 Å². The quantitative estimate of drug-likeness (QED) is 0.615. The SMILES string of the molecule is Cc1ccc(OC[C@H]2O[C@H](Cn3cc(C)c(=O)[nH]c3=O)C[C@@H]2Oc2ccc(C)cc2)cc1. The molecule has 7 heteroatoms. The van der Waals surface area contributed by atoms with Crippen molar-refractivity contribution in [1.82, 2.24) is 9.55 Å². The van der Waals surface area contributed by atoms with E-state index >= 15 is 0 Å². The maximum atomic E-state index is 12.2.